The number of benzene rings is 9. The van der Waals surface area contributed by atoms with Crippen LogP contribution in [0.25, 0.3) is 102 Å². The van der Waals surface area contributed by atoms with Crippen LogP contribution in [0, 0.1) is 57.8 Å². The van der Waals surface area contributed by atoms with Crippen LogP contribution < -0.4 is 28.4 Å². The number of unbranched alkanes of at least 4 members (excludes halogenated alkanes) is 3. The second-order valence-electron chi connectivity index (χ2n) is 33.8. The molecule has 0 saturated carbocycles. The highest BCUT2D eigenvalue weighted by atomic mass is 16.6. The van der Waals surface area contributed by atoms with E-state index in [2.05, 4.69) is 102 Å². The molecule has 0 aliphatic carbocycles. The molecule has 0 bridgehead atoms. The van der Waals surface area contributed by atoms with E-state index in [9.17, 15) is 34.8 Å². The molecule has 0 aliphatic heterocycles. The van der Waals surface area contributed by atoms with Gasteiger partial charge in [0.2, 0.25) is 0 Å². The summed E-state index contributed by atoms with van der Waals surface area (Å²) in [6, 6.07) is 53.0. The van der Waals surface area contributed by atoms with Crippen molar-refractivity contribution in [1.82, 2.24) is 44.9 Å². The van der Waals surface area contributed by atoms with E-state index in [1.165, 1.54) is 23.3 Å². The van der Waals surface area contributed by atoms with Crippen molar-refractivity contribution >= 4 is 17.9 Å². The number of aromatic nitrogens is 9. The summed E-state index contributed by atoms with van der Waals surface area (Å²) >= 11 is 0. The van der Waals surface area contributed by atoms with E-state index >= 15 is 0 Å². The number of phenolic OH excluding ortho intramolecular Hbond substituents is 4. The molecule has 9 aromatic carbocycles. The van der Waals surface area contributed by atoms with E-state index in [1.54, 1.807) is 78.9 Å². The smallest absolute Gasteiger partial charge is 0.311 e. The molecule has 0 unspecified atom stereocenters. The van der Waals surface area contributed by atoms with Crippen molar-refractivity contribution in [3.63, 3.8) is 0 Å². The maximum atomic E-state index is 12.4. The molecule has 3 aromatic heterocycles. The van der Waals surface area contributed by atoms with Gasteiger partial charge in [-0.2, -0.15) is 0 Å². The SMILES string of the molecule is CCC(C)(C)C(=O)OCCOc1ccc(-c2nc(-c3c(C)cc(C)cc3C)nc(-c3c(C)cc(C)cc3C)n2)c(O)c1.CCC(C)(C)C(=O)OCCOc1ccc(-c2nc(-c3ccccc3)nc(-c3ccccc3)n2)c(O)c1.CCCCOc1ccc(-c2nc(-c3ccc(OCCCC)cc3O)nc(-c3ccc(OCCOC(=O)C(C)(C)CC)cc3OCCCC)n2)c(O)c1. The van der Waals surface area contributed by atoms with Crippen LogP contribution in [0.3, 0.4) is 0 Å². The molecule has 0 radical (unpaired) electrons. The average Bonchev–Trinajstić information content (AvgIpc) is 0.768. The molecule has 12 rings (SSSR count). The summed E-state index contributed by atoms with van der Waals surface area (Å²) in [4.78, 5) is 79.6. The first-order valence-corrected chi connectivity index (χ1v) is 44.6. The van der Waals surface area contributed by atoms with Gasteiger partial charge in [-0.3, -0.25) is 14.4 Å². The van der Waals surface area contributed by atoms with Gasteiger partial charge in [-0.1, -0.05) is 157 Å². The Kier molecular flexibility index (Phi) is 35.2. The molecular weight excluding hydrogens is 1640 g/mol. The van der Waals surface area contributed by atoms with Gasteiger partial charge in [0.1, 0.15) is 97.1 Å². The number of hydrogen-bond acceptors (Lipinski definition) is 25. The Morgan fingerprint density at radius 1 is 0.277 bits per heavy atom. The van der Waals surface area contributed by atoms with Gasteiger partial charge in [0.15, 0.2) is 52.4 Å². The van der Waals surface area contributed by atoms with Crippen LogP contribution in [-0.2, 0) is 28.6 Å². The number of hydrogen-bond donors (Lipinski definition) is 4. The maximum Gasteiger partial charge on any atom is 0.311 e. The van der Waals surface area contributed by atoms with Crippen molar-refractivity contribution in [2.75, 3.05) is 59.5 Å². The highest BCUT2D eigenvalue weighted by Crippen LogP contribution is 2.42. The summed E-state index contributed by atoms with van der Waals surface area (Å²) in [5.74, 6) is 5.50. The quantitative estimate of drug-likeness (QED) is 0.0158. The maximum absolute atomic E-state index is 12.4. The molecule has 0 fully saturated rings. The number of rotatable bonds is 39. The van der Waals surface area contributed by atoms with Crippen molar-refractivity contribution in [2.24, 2.45) is 16.2 Å². The largest absolute Gasteiger partial charge is 0.507 e. The summed E-state index contributed by atoms with van der Waals surface area (Å²) < 4.78 is 51.3. The van der Waals surface area contributed by atoms with Crippen LogP contribution in [0.2, 0.25) is 0 Å². The van der Waals surface area contributed by atoms with Crippen molar-refractivity contribution in [1.29, 1.82) is 0 Å². The Morgan fingerprint density at radius 3 is 0.815 bits per heavy atom. The highest BCUT2D eigenvalue weighted by molar-refractivity contribution is 5.80. The van der Waals surface area contributed by atoms with Crippen LogP contribution in [0.1, 0.15) is 174 Å². The summed E-state index contributed by atoms with van der Waals surface area (Å²) in [5.41, 5.74) is 10.8. The van der Waals surface area contributed by atoms with Gasteiger partial charge in [0, 0.05) is 52.6 Å². The van der Waals surface area contributed by atoms with E-state index in [0.717, 1.165) is 83.0 Å². The van der Waals surface area contributed by atoms with Gasteiger partial charge in [0.05, 0.1) is 63.9 Å². The highest BCUT2D eigenvalue weighted by Gasteiger charge is 2.31. The lowest BCUT2D eigenvalue weighted by molar-refractivity contribution is -0.155. The van der Waals surface area contributed by atoms with Crippen LogP contribution in [-0.4, -0.2) is 143 Å². The lowest BCUT2D eigenvalue weighted by atomic mass is 9.91. The molecule has 25 nitrogen and oxygen atoms in total. The lowest BCUT2D eigenvalue weighted by Gasteiger charge is -2.20. The molecule has 3 heterocycles. The third kappa shape index (κ3) is 26.8. The van der Waals surface area contributed by atoms with Gasteiger partial charge in [-0.15, -0.1) is 0 Å². The summed E-state index contributed by atoms with van der Waals surface area (Å²) in [7, 11) is 0. The summed E-state index contributed by atoms with van der Waals surface area (Å²) in [5, 5.41) is 44.1. The van der Waals surface area contributed by atoms with Gasteiger partial charge in [-0.25, -0.2) is 44.9 Å². The number of aryl methyl sites for hydroxylation is 6. The molecule has 0 amide bonds. The number of nitrogens with zero attached hydrogens (tertiary/aromatic N) is 9. The van der Waals surface area contributed by atoms with Gasteiger partial charge < -0.3 is 63.1 Å². The van der Waals surface area contributed by atoms with Crippen LogP contribution in [0.15, 0.2) is 176 Å². The van der Waals surface area contributed by atoms with Crippen LogP contribution in [0.4, 0.5) is 0 Å². The van der Waals surface area contributed by atoms with Gasteiger partial charge in [-0.05, 0) is 205 Å². The molecule has 4 N–H and O–H groups in total. The topological polar surface area (TPSA) is 331 Å². The predicted molar refractivity (Wildman–Crippen MR) is 506 cm³/mol. The Labute approximate surface area is 763 Å². The zero-order chi connectivity index (χ0) is 93.8. The first-order valence-electron chi connectivity index (χ1n) is 44.6. The first kappa shape index (κ1) is 98.6. The second kappa shape index (κ2) is 46.4. The fraction of sp³-hybridized carbons (Fsp3) is 0.371. The van der Waals surface area contributed by atoms with Crippen molar-refractivity contribution in [3.8, 4) is 160 Å². The van der Waals surface area contributed by atoms with E-state index in [0.29, 0.717) is 136 Å². The zero-order valence-corrected chi connectivity index (χ0v) is 78.2. The minimum Gasteiger partial charge on any atom is -0.507 e. The molecule has 0 aliphatic rings. The standard InChI is InChI=1S/C41H53N3O8.C35H41N3O4.C29H29N3O4/c1-7-11-20-48-28-14-17-31(34(45)25-28)37-42-38(32-18-15-29(26-35(32)46)49-21-12-8-2)44-39(43-37)33-19-16-30(27-36(33)51-22-13-9-3)50-23-24-52-40(47)41(5,6)10-4;1-10-35(8,9)34(40)42-14-13-41-26-11-12-27(28(39)19-26)31-36-32(29-22(4)15-20(2)16-23(29)5)38-33(37-31)30-24(6)17-21(3)18-25(30)7;1-4-29(2,3)28(34)36-18-17-35-22-15-16-23(24(33)19-22)27-31-25(20-11-7-5-8-12-20)30-26(32-27)21-13-9-6-10-14-21/h14-19,25-27,45-46H,7-13,20-24H2,1-6H3;11-12,15-19,39H,10,13-14H2,1-9H3;5-16,19,33H,4,17-18H2,1-3H3. The lowest BCUT2D eigenvalue weighted by Crippen LogP contribution is -2.27. The van der Waals surface area contributed by atoms with E-state index in [-0.39, 0.29) is 98.0 Å². The minimum atomic E-state index is -0.563. The van der Waals surface area contributed by atoms with Crippen molar-refractivity contribution < 1.29 is 77.4 Å². The summed E-state index contributed by atoms with van der Waals surface area (Å²) in [6.07, 6.45) is 7.57. The van der Waals surface area contributed by atoms with Crippen LogP contribution >= 0.6 is 0 Å². The van der Waals surface area contributed by atoms with Crippen molar-refractivity contribution in [3.05, 3.63) is 209 Å². The number of carbonyl (C=O) groups is 3. The monoisotopic (exact) mass is 1770 g/mol. The fourth-order valence-corrected chi connectivity index (χ4v) is 13.4. The third-order valence-corrected chi connectivity index (χ3v) is 22.2. The Morgan fingerprint density at radius 2 is 0.523 bits per heavy atom. The van der Waals surface area contributed by atoms with E-state index in [4.69, 9.17) is 72.5 Å². The third-order valence-electron chi connectivity index (χ3n) is 22.2. The number of esters is 3. The Bertz CT molecular complexity index is 5590. The Balaban J connectivity index is 0.000000206. The number of phenols is 4. The minimum absolute atomic E-state index is 0.0191. The molecule has 0 saturated heterocycles. The summed E-state index contributed by atoms with van der Waals surface area (Å²) in [6.45, 7) is 38.0. The molecule has 684 valence electrons. The average molecular weight is 1770 g/mol. The fourth-order valence-electron chi connectivity index (χ4n) is 13.4. The van der Waals surface area contributed by atoms with Gasteiger partial charge >= 0.3 is 17.9 Å². The Hall–Kier alpha value is -13.6. The normalized spacial score (nSPS) is 11.3. The number of aromatic hydroxyl groups is 4. The van der Waals surface area contributed by atoms with E-state index in [1.807, 2.05) is 123 Å². The first-order chi connectivity index (χ1) is 62.3. The zero-order valence-electron chi connectivity index (χ0n) is 78.2. The number of carbonyl (C=O) groups excluding carboxylic acids is 3. The number of ether oxygens (including phenoxy) is 9. The predicted octanol–water partition coefficient (Wildman–Crippen LogP) is 22.9. The van der Waals surface area contributed by atoms with E-state index < -0.39 is 16.2 Å². The molecule has 0 spiro atoms. The second-order valence-corrected chi connectivity index (χ2v) is 33.8. The molecule has 25 heteroatoms. The molecular formula is C105H123N9O16. The molecule has 130 heavy (non-hydrogen) atoms. The molecule has 0 atom stereocenters. The van der Waals surface area contributed by atoms with Gasteiger partial charge in [0.25, 0.3) is 0 Å². The van der Waals surface area contributed by atoms with Crippen LogP contribution in [0.5, 0.6) is 57.5 Å². The molecule has 12 aromatic rings. The van der Waals surface area contributed by atoms with Crippen molar-refractivity contribution in [2.45, 2.75) is 182 Å².